The molecule has 1 heterocycles. The van der Waals surface area contributed by atoms with Crippen molar-refractivity contribution >= 4 is 6.08 Å². The Bertz CT molecular complexity index is 862. The maximum Gasteiger partial charge on any atom is 0.113 e. The third-order valence-electron chi connectivity index (χ3n) is 7.83. The van der Waals surface area contributed by atoms with Crippen LogP contribution in [0.4, 0.5) is 0 Å². The molecule has 2 aromatic rings. The Morgan fingerprint density at radius 2 is 1.38 bits per heavy atom. The van der Waals surface area contributed by atoms with E-state index >= 15 is 0 Å². The molecule has 1 nitrogen and oxygen atoms in total. The van der Waals surface area contributed by atoms with Crippen molar-refractivity contribution in [1.82, 2.24) is 0 Å². The molecule has 1 heteroatoms. The van der Waals surface area contributed by atoms with Gasteiger partial charge in [0.1, 0.15) is 11.2 Å². The molecule has 0 N–H and O–H groups in total. The van der Waals surface area contributed by atoms with Crippen molar-refractivity contribution in [1.29, 1.82) is 0 Å². The summed E-state index contributed by atoms with van der Waals surface area (Å²) >= 11 is 0. The summed E-state index contributed by atoms with van der Waals surface area (Å²) in [5.41, 5.74) is 6.43. The normalized spacial score (nSPS) is 45.1. The number of ether oxygens (including phenoxy) is 1. The van der Waals surface area contributed by atoms with Gasteiger partial charge in [-0.2, -0.15) is 0 Å². The second-order valence-electron chi connectivity index (χ2n) is 8.45. The van der Waals surface area contributed by atoms with Crippen LogP contribution in [0.1, 0.15) is 47.8 Å². The highest BCUT2D eigenvalue weighted by atomic mass is 16.6. The van der Waals surface area contributed by atoms with Crippen molar-refractivity contribution in [3.8, 4) is 0 Å². The fourth-order valence-corrected chi connectivity index (χ4v) is 7.29. The minimum Gasteiger partial charge on any atom is -0.360 e. The van der Waals surface area contributed by atoms with Crippen LogP contribution in [0.2, 0.25) is 0 Å². The molecule has 4 bridgehead atoms. The van der Waals surface area contributed by atoms with Crippen molar-refractivity contribution in [2.75, 3.05) is 0 Å². The lowest BCUT2D eigenvalue weighted by molar-refractivity contribution is 0.134. The zero-order valence-corrected chi connectivity index (χ0v) is 13.6. The van der Waals surface area contributed by atoms with Gasteiger partial charge in [0.2, 0.25) is 0 Å². The Labute approximate surface area is 142 Å². The Morgan fingerprint density at radius 3 is 2.00 bits per heavy atom. The Balaban J connectivity index is 1.50. The zero-order valence-electron chi connectivity index (χ0n) is 13.6. The lowest BCUT2D eigenvalue weighted by atomic mass is 9.69. The minimum atomic E-state index is 0.162. The van der Waals surface area contributed by atoms with E-state index in [9.17, 15) is 0 Å². The van der Waals surface area contributed by atoms with Gasteiger partial charge in [-0.3, -0.25) is 0 Å². The summed E-state index contributed by atoms with van der Waals surface area (Å²) < 4.78 is 6.75. The van der Waals surface area contributed by atoms with E-state index in [2.05, 4.69) is 60.7 Å². The van der Waals surface area contributed by atoms with E-state index in [0.717, 1.165) is 11.8 Å². The minimum absolute atomic E-state index is 0.162. The second kappa shape index (κ2) is 3.70. The first-order valence-corrected chi connectivity index (χ1v) is 9.42. The monoisotopic (exact) mass is 312 g/mol. The molecule has 7 rings (SSSR count). The van der Waals surface area contributed by atoms with Crippen molar-refractivity contribution in [2.45, 2.75) is 42.3 Å². The van der Waals surface area contributed by atoms with Crippen LogP contribution in [0.3, 0.4) is 0 Å². The number of benzene rings is 2. The molecule has 0 aromatic heterocycles. The van der Waals surface area contributed by atoms with E-state index in [1.807, 2.05) is 0 Å². The topological polar surface area (TPSA) is 12.5 Å². The number of hydrogen-bond acceptors (Lipinski definition) is 1. The van der Waals surface area contributed by atoms with Crippen LogP contribution >= 0.6 is 0 Å². The van der Waals surface area contributed by atoms with Gasteiger partial charge in [0, 0.05) is 11.8 Å². The quantitative estimate of drug-likeness (QED) is 0.682. The van der Waals surface area contributed by atoms with E-state index < -0.39 is 0 Å². The largest absolute Gasteiger partial charge is 0.360 e. The van der Waals surface area contributed by atoms with Crippen LogP contribution in [-0.2, 0) is 4.74 Å². The second-order valence-corrected chi connectivity index (χ2v) is 8.45. The van der Waals surface area contributed by atoms with Gasteiger partial charge in [0.15, 0.2) is 0 Å². The summed E-state index contributed by atoms with van der Waals surface area (Å²) in [6, 6.07) is 20.0. The molecule has 1 saturated heterocycles. The number of epoxide rings is 1. The molecule has 3 saturated carbocycles. The summed E-state index contributed by atoms with van der Waals surface area (Å²) in [5, 5.41) is 0. The maximum absolute atomic E-state index is 6.75. The van der Waals surface area contributed by atoms with Crippen LogP contribution in [0.25, 0.3) is 6.08 Å². The van der Waals surface area contributed by atoms with E-state index in [1.165, 1.54) is 24.8 Å². The number of hydrogen-bond donors (Lipinski definition) is 0. The Morgan fingerprint density at radius 1 is 0.792 bits per heavy atom. The molecule has 24 heavy (non-hydrogen) atoms. The summed E-state index contributed by atoms with van der Waals surface area (Å²) in [7, 11) is 0. The summed E-state index contributed by atoms with van der Waals surface area (Å²) in [4.78, 5) is 0. The lowest BCUT2D eigenvalue weighted by Gasteiger charge is -2.29. The summed E-state index contributed by atoms with van der Waals surface area (Å²) in [5.74, 6) is 2.61. The molecule has 4 fully saturated rings. The predicted octanol–water partition coefficient (Wildman–Crippen LogP) is 4.90. The van der Waals surface area contributed by atoms with E-state index in [-0.39, 0.29) is 11.2 Å². The van der Waals surface area contributed by atoms with Gasteiger partial charge in [-0.15, -0.1) is 0 Å². The molecule has 5 aliphatic rings. The fraction of sp³-hybridized carbons (Fsp3) is 0.391. The molecular weight excluding hydrogens is 292 g/mol. The predicted molar refractivity (Wildman–Crippen MR) is 93.7 cm³/mol. The van der Waals surface area contributed by atoms with Crippen molar-refractivity contribution in [2.24, 2.45) is 11.8 Å². The first kappa shape index (κ1) is 12.5. The van der Waals surface area contributed by atoms with E-state index in [1.54, 1.807) is 16.7 Å². The number of rotatable bonds is 1. The molecule has 4 aliphatic carbocycles. The molecule has 1 aliphatic heterocycles. The molecule has 2 aromatic carbocycles. The molecule has 0 amide bonds. The third kappa shape index (κ3) is 1.07. The first-order chi connectivity index (χ1) is 11.9. The van der Waals surface area contributed by atoms with Crippen LogP contribution in [-0.4, -0.2) is 11.2 Å². The molecular formula is C23H20O. The van der Waals surface area contributed by atoms with Gasteiger partial charge in [0.05, 0.1) is 0 Å². The number of fused-ring (bicyclic) bond motifs is 7. The van der Waals surface area contributed by atoms with Gasteiger partial charge in [0.25, 0.3) is 0 Å². The highest BCUT2D eigenvalue weighted by Gasteiger charge is 2.92. The van der Waals surface area contributed by atoms with Crippen LogP contribution in [0, 0.1) is 11.8 Å². The van der Waals surface area contributed by atoms with Crippen molar-refractivity contribution in [3.05, 3.63) is 76.9 Å². The average molecular weight is 312 g/mol. The summed E-state index contributed by atoms with van der Waals surface area (Å²) in [6.07, 6.45) is 6.67. The Kier molecular flexibility index (Phi) is 1.93. The highest BCUT2D eigenvalue weighted by molar-refractivity contribution is 5.73. The van der Waals surface area contributed by atoms with Gasteiger partial charge < -0.3 is 4.74 Å². The fourth-order valence-electron chi connectivity index (χ4n) is 7.29. The molecule has 0 radical (unpaired) electrons. The van der Waals surface area contributed by atoms with Crippen molar-refractivity contribution < 1.29 is 4.74 Å². The van der Waals surface area contributed by atoms with E-state index in [0.29, 0.717) is 11.8 Å². The maximum atomic E-state index is 6.75. The molecule has 118 valence electrons. The zero-order chi connectivity index (χ0) is 15.5. The van der Waals surface area contributed by atoms with Gasteiger partial charge in [-0.25, -0.2) is 0 Å². The lowest BCUT2D eigenvalue weighted by Crippen LogP contribution is -2.36. The average Bonchev–Trinajstić information content (AvgIpc) is 2.94. The molecule has 6 atom stereocenters. The third-order valence-corrected chi connectivity index (χ3v) is 7.83. The molecule has 0 unspecified atom stereocenters. The van der Waals surface area contributed by atoms with Crippen LogP contribution in [0.5, 0.6) is 0 Å². The van der Waals surface area contributed by atoms with Crippen LogP contribution in [0.15, 0.2) is 60.2 Å². The highest BCUT2D eigenvalue weighted by Crippen LogP contribution is 2.88. The summed E-state index contributed by atoms with van der Waals surface area (Å²) in [6.45, 7) is 0. The van der Waals surface area contributed by atoms with Gasteiger partial charge in [-0.1, -0.05) is 60.7 Å². The van der Waals surface area contributed by atoms with E-state index in [4.69, 9.17) is 4.74 Å². The molecule has 0 spiro atoms. The first-order valence-electron chi connectivity index (χ1n) is 9.42. The van der Waals surface area contributed by atoms with Gasteiger partial charge in [-0.05, 0) is 53.4 Å². The van der Waals surface area contributed by atoms with Crippen molar-refractivity contribution in [3.63, 3.8) is 0 Å². The Hall–Kier alpha value is -1.86. The van der Waals surface area contributed by atoms with Gasteiger partial charge >= 0.3 is 0 Å². The smallest absolute Gasteiger partial charge is 0.113 e. The standard InChI is InChI=1S/C23H20O/c1-2-6-14(7-3-1)12-19-20-17-8-4-5-9-18(17)21(19)23-16-11-10-15(13-16)22(20,23)24-23/h1-9,12,15-16,20-21H,10-11,13H2/t15-,16-,20+,21+,22-,23-/m0/s1. The van der Waals surface area contributed by atoms with Crippen LogP contribution < -0.4 is 0 Å². The SMILES string of the molecule is C(=C1[C@H]2c3ccccc3[C@H]1[C@]13O[C@@]21[C@H]1CC[C@H]3C1)c1ccccc1.